The lowest BCUT2D eigenvalue weighted by Crippen LogP contribution is -2.17. The van der Waals surface area contributed by atoms with Crippen LogP contribution in [0.4, 0.5) is 36.3 Å². The number of anilines is 4. The van der Waals surface area contributed by atoms with Crippen molar-refractivity contribution in [2.24, 2.45) is 5.92 Å². The molecule has 4 N–H and O–H groups in total. The zero-order valence-electron chi connectivity index (χ0n) is 21.8. The van der Waals surface area contributed by atoms with Gasteiger partial charge < -0.3 is 15.8 Å². The zero-order chi connectivity index (χ0) is 28.7. The first-order valence-corrected chi connectivity index (χ1v) is 12.8. The predicted octanol–water partition coefficient (Wildman–Crippen LogP) is 5.34. The van der Waals surface area contributed by atoms with Gasteiger partial charge in [-0.25, -0.2) is 4.52 Å². The van der Waals surface area contributed by atoms with Crippen LogP contribution in [0, 0.1) is 5.92 Å². The first kappa shape index (κ1) is 26.2. The number of nitrogen functional groups attached to an aromatic ring is 1. The molecular formula is C28H25F3N8O2. The van der Waals surface area contributed by atoms with Gasteiger partial charge in [-0.15, -0.1) is 5.10 Å². The van der Waals surface area contributed by atoms with Crippen molar-refractivity contribution >= 4 is 34.6 Å². The van der Waals surface area contributed by atoms with Crippen LogP contribution in [0.3, 0.4) is 0 Å². The number of nitrogens with zero attached hydrogens (tertiary/aromatic N) is 5. The fraction of sp³-hybridized carbons (Fsp3) is 0.214. The molecule has 10 nitrogen and oxygen atoms in total. The van der Waals surface area contributed by atoms with Crippen LogP contribution in [0.25, 0.3) is 16.6 Å². The quantitative estimate of drug-likeness (QED) is 0.218. The first-order valence-electron chi connectivity index (χ1n) is 12.8. The standard InChI is InChI=1S/C28H25F3N8O2/c1-41-24-21(28(29,30)31)3-2-4-22(24)34-25-23-20(11-12-39(23)37-27(35-25)36-26(40)17-7-8-17)18-13-33-38(15-18)14-16-5-9-19(32)10-6-16/h2-6,9-13,15,17H,7-8,14,32H2,1H3,(H2,34,35,36,37,40). The van der Waals surface area contributed by atoms with E-state index in [4.69, 9.17) is 10.5 Å². The van der Waals surface area contributed by atoms with E-state index in [1.165, 1.54) is 23.8 Å². The molecule has 0 bridgehead atoms. The number of rotatable bonds is 8. The van der Waals surface area contributed by atoms with Crippen molar-refractivity contribution in [3.8, 4) is 16.9 Å². The zero-order valence-corrected chi connectivity index (χ0v) is 21.8. The lowest BCUT2D eigenvalue weighted by Gasteiger charge is -2.17. The molecule has 6 rings (SSSR count). The molecule has 0 unspecified atom stereocenters. The average molecular weight is 563 g/mol. The van der Waals surface area contributed by atoms with E-state index in [-0.39, 0.29) is 35.0 Å². The molecular weight excluding hydrogens is 537 g/mol. The second-order valence-electron chi connectivity index (χ2n) is 9.75. The van der Waals surface area contributed by atoms with Crippen LogP contribution < -0.4 is 21.1 Å². The SMILES string of the molecule is COc1c(Nc2nc(NC(=O)C3CC3)nn3ccc(-c4cnn(Cc5ccc(N)cc5)c4)c23)cccc1C(F)(F)F. The number of carbonyl (C=O) groups is 1. The maximum absolute atomic E-state index is 13.7. The number of ether oxygens (including phenoxy) is 1. The minimum atomic E-state index is -4.63. The molecule has 0 saturated heterocycles. The van der Waals surface area contributed by atoms with Crippen molar-refractivity contribution in [1.82, 2.24) is 24.4 Å². The Labute approximate surface area is 231 Å². The molecule has 3 aromatic heterocycles. The van der Waals surface area contributed by atoms with Gasteiger partial charge in [0.1, 0.15) is 5.52 Å². The summed E-state index contributed by atoms with van der Waals surface area (Å²) in [5, 5.41) is 14.6. The van der Waals surface area contributed by atoms with Crippen molar-refractivity contribution in [3.63, 3.8) is 0 Å². The lowest BCUT2D eigenvalue weighted by atomic mass is 10.1. The largest absolute Gasteiger partial charge is 0.494 e. The number of alkyl halides is 3. The molecule has 0 aliphatic heterocycles. The third kappa shape index (κ3) is 5.38. The fourth-order valence-electron chi connectivity index (χ4n) is 4.56. The summed E-state index contributed by atoms with van der Waals surface area (Å²) in [7, 11) is 1.17. The van der Waals surface area contributed by atoms with Crippen molar-refractivity contribution in [3.05, 3.63) is 78.2 Å². The molecule has 2 aromatic carbocycles. The van der Waals surface area contributed by atoms with Gasteiger partial charge in [-0.05, 0) is 48.7 Å². The highest BCUT2D eigenvalue weighted by Crippen LogP contribution is 2.42. The number of nitrogens with one attached hydrogen (secondary N) is 2. The van der Waals surface area contributed by atoms with Gasteiger partial charge in [0.15, 0.2) is 11.6 Å². The summed E-state index contributed by atoms with van der Waals surface area (Å²) in [6, 6.07) is 13.0. The van der Waals surface area contributed by atoms with E-state index in [1.807, 2.05) is 30.5 Å². The van der Waals surface area contributed by atoms with Crippen LogP contribution in [0.1, 0.15) is 24.0 Å². The number of hydrogen-bond acceptors (Lipinski definition) is 7. The van der Waals surface area contributed by atoms with Crippen molar-refractivity contribution in [1.29, 1.82) is 0 Å². The Morgan fingerprint density at radius 1 is 1.15 bits per heavy atom. The van der Waals surface area contributed by atoms with Crippen molar-refractivity contribution in [2.75, 3.05) is 23.5 Å². The number of nitrogens with two attached hydrogens (primary N) is 1. The highest BCUT2D eigenvalue weighted by molar-refractivity contribution is 5.94. The Morgan fingerprint density at radius 2 is 1.93 bits per heavy atom. The molecule has 0 radical (unpaired) electrons. The number of fused-ring (bicyclic) bond motifs is 1. The van der Waals surface area contributed by atoms with E-state index in [0.717, 1.165) is 30.0 Å². The number of hydrogen-bond donors (Lipinski definition) is 3. The van der Waals surface area contributed by atoms with E-state index in [2.05, 4.69) is 25.8 Å². The number of aromatic nitrogens is 5. The maximum atomic E-state index is 13.7. The van der Waals surface area contributed by atoms with Crippen molar-refractivity contribution in [2.45, 2.75) is 25.6 Å². The minimum absolute atomic E-state index is 0.0176. The molecule has 0 spiro atoms. The Bertz CT molecular complexity index is 1740. The monoisotopic (exact) mass is 562 g/mol. The van der Waals surface area contributed by atoms with Gasteiger partial charge in [-0.2, -0.15) is 23.3 Å². The fourth-order valence-corrected chi connectivity index (χ4v) is 4.56. The molecule has 5 aromatic rings. The number of benzene rings is 2. The third-order valence-electron chi connectivity index (χ3n) is 6.74. The number of halogens is 3. The van der Waals surface area contributed by atoms with Crippen LogP contribution in [-0.2, 0) is 17.5 Å². The molecule has 1 amide bonds. The Balaban J connectivity index is 1.42. The summed E-state index contributed by atoms with van der Waals surface area (Å²) in [4.78, 5) is 17.0. The Kier molecular flexibility index (Phi) is 6.48. The van der Waals surface area contributed by atoms with E-state index in [1.54, 1.807) is 23.1 Å². The van der Waals surface area contributed by atoms with Crippen molar-refractivity contribution < 1.29 is 22.7 Å². The number of para-hydroxylation sites is 1. The first-order chi connectivity index (χ1) is 19.7. The van der Waals surface area contributed by atoms with Crippen LogP contribution >= 0.6 is 0 Å². The summed E-state index contributed by atoms with van der Waals surface area (Å²) < 4.78 is 49.6. The third-order valence-corrected chi connectivity index (χ3v) is 6.74. The number of amides is 1. The highest BCUT2D eigenvalue weighted by atomic mass is 19.4. The van der Waals surface area contributed by atoms with E-state index >= 15 is 0 Å². The average Bonchev–Trinajstić information content (AvgIpc) is 3.55. The molecule has 1 fully saturated rings. The Morgan fingerprint density at radius 3 is 2.63 bits per heavy atom. The summed E-state index contributed by atoms with van der Waals surface area (Å²) in [6.07, 6.45) is 2.16. The van der Waals surface area contributed by atoms with Gasteiger partial charge in [0.05, 0.1) is 31.1 Å². The maximum Gasteiger partial charge on any atom is 0.420 e. The van der Waals surface area contributed by atoms with E-state index in [0.29, 0.717) is 23.3 Å². The van der Waals surface area contributed by atoms with Gasteiger partial charge >= 0.3 is 6.18 Å². The highest BCUT2D eigenvalue weighted by Gasteiger charge is 2.35. The normalized spacial score (nSPS) is 13.4. The molecule has 1 saturated carbocycles. The minimum Gasteiger partial charge on any atom is -0.494 e. The molecule has 0 atom stereocenters. The number of methoxy groups -OCH3 is 1. The van der Waals surface area contributed by atoms with E-state index in [9.17, 15) is 18.0 Å². The van der Waals surface area contributed by atoms with Gasteiger partial charge in [0, 0.05) is 35.1 Å². The molecule has 1 aliphatic rings. The molecule has 41 heavy (non-hydrogen) atoms. The van der Waals surface area contributed by atoms with Gasteiger partial charge in [-0.3, -0.25) is 14.8 Å². The van der Waals surface area contributed by atoms with E-state index < -0.39 is 11.7 Å². The second kappa shape index (κ2) is 10.2. The van der Waals surface area contributed by atoms with Crippen LogP contribution in [-0.4, -0.2) is 37.4 Å². The summed E-state index contributed by atoms with van der Waals surface area (Å²) in [6.45, 7) is 0.506. The lowest BCUT2D eigenvalue weighted by molar-refractivity contribution is -0.138. The smallest absolute Gasteiger partial charge is 0.420 e. The summed E-state index contributed by atoms with van der Waals surface area (Å²) in [5.74, 6) is -0.492. The predicted molar refractivity (Wildman–Crippen MR) is 147 cm³/mol. The Hall–Kier alpha value is -5.07. The molecule has 3 heterocycles. The second-order valence-corrected chi connectivity index (χ2v) is 9.75. The molecule has 1 aliphatic carbocycles. The van der Waals surface area contributed by atoms with Gasteiger partial charge in [0.25, 0.3) is 0 Å². The summed E-state index contributed by atoms with van der Waals surface area (Å²) in [5.41, 5.74) is 8.47. The van der Waals surface area contributed by atoms with Crippen LogP contribution in [0.15, 0.2) is 67.1 Å². The summed E-state index contributed by atoms with van der Waals surface area (Å²) >= 11 is 0. The van der Waals surface area contributed by atoms with Crippen LogP contribution in [0.2, 0.25) is 0 Å². The molecule has 13 heteroatoms. The van der Waals surface area contributed by atoms with Gasteiger partial charge in [-0.1, -0.05) is 18.2 Å². The number of carbonyl (C=O) groups excluding carboxylic acids is 1. The van der Waals surface area contributed by atoms with Gasteiger partial charge in [0.2, 0.25) is 11.9 Å². The van der Waals surface area contributed by atoms with Crippen LogP contribution in [0.5, 0.6) is 5.75 Å². The molecule has 210 valence electrons. The topological polar surface area (TPSA) is 124 Å².